The van der Waals surface area contributed by atoms with Crippen LogP contribution in [0.2, 0.25) is 10.0 Å². The van der Waals surface area contributed by atoms with Crippen molar-refractivity contribution in [3.63, 3.8) is 0 Å². The monoisotopic (exact) mass is 343 g/mol. The van der Waals surface area contributed by atoms with Crippen molar-refractivity contribution in [3.05, 3.63) is 62.0 Å². The minimum atomic E-state index is 0.665. The molecule has 0 aliphatic heterocycles. The molecule has 2 aromatic carbocycles. The Morgan fingerprint density at radius 3 is 2.61 bits per heavy atom. The van der Waals surface area contributed by atoms with E-state index < -0.39 is 0 Å². The molecule has 0 atom stereocenters. The molecule has 0 aliphatic carbocycles. The van der Waals surface area contributed by atoms with E-state index in [0.29, 0.717) is 11.6 Å². The van der Waals surface area contributed by atoms with Gasteiger partial charge in [-0.05, 0) is 58.2 Å². The highest BCUT2D eigenvalue weighted by Gasteiger charge is 2.03. The second-order valence-corrected chi connectivity index (χ2v) is 5.77. The smallest absolute Gasteiger partial charge is 0.0502 e. The fourth-order valence-electron chi connectivity index (χ4n) is 1.62. The third-order valence-corrected chi connectivity index (χ3v) is 3.88. The zero-order chi connectivity index (χ0) is 13.1. The molecule has 0 radical (unpaired) electrons. The van der Waals surface area contributed by atoms with E-state index in [1.807, 2.05) is 37.3 Å². The van der Waals surface area contributed by atoms with Crippen LogP contribution in [-0.4, -0.2) is 0 Å². The van der Waals surface area contributed by atoms with Crippen LogP contribution < -0.4 is 5.32 Å². The Labute approximate surface area is 125 Å². The molecule has 0 fully saturated rings. The molecule has 0 saturated carbocycles. The van der Waals surface area contributed by atoms with Gasteiger partial charge in [-0.1, -0.05) is 35.3 Å². The standard InChI is InChI=1S/C14H12BrCl2N/c1-9-2-3-10(13(17)6-9)8-18-14-7-11(16)4-5-12(14)15/h2-7,18H,8H2,1H3. The first kappa shape index (κ1) is 13.7. The maximum absolute atomic E-state index is 6.19. The summed E-state index contributed by atoms with van der Waals surface area (Å²) in [5.74, 6) is 0. The lowest BCUT2D eigenvalue weighted by molar-refractivity contribution is 1.14. The highest BCUT2D eigenvalue weighted by atomic mass is 79.9. The molecule has 94 valence electrons. The van der Waals surface area contributed by atoms with Gasteiger partial charge in [0, 0.05) is 21.1 Å². The summed E-state index contributed by atoms with van der Waals surface area (Å²) in [5, 5.41) is 4.80. The van der Waals surface area contributed by atoms with Gasteiger partial charge in [0.1, 0.15) is 0 Å². The molecule has 0 amide bonds. The molecule has 2 rings (SSSR count). The maximum Gasteiger partial charge on any atom is 0.0502 e. The van der Waals surface area contributed by atoms with E-state index in [4.69, 9.17) is 23.2 Å². The zero-order valence-corrected chi connectivity index (χ0v) is 12.9. The Hall–Kier alpha value is -0.700. The molecule has 4 heteroatoms. The maximum atomic E-state index is 6.19. The van der Waals surface area contributed by atoms with Crippen LogP contribution in [-0.2, 0) is 6.54 Å². The van der Waals surface area contributed by atoms with Crippen molar-refractivity contribution >= 4 is 44.8 Å². The Morgan fingerprint density at radius 1 is 1.11 bits per heavy atom. The summed E-state index contributed by atoms with van der Waals surface area (Å²) in [5.41, 5.74) is 3.18. The predicted octanol–water partition coefficient (Wildman–Crippen LogP) is 5.68. The highest BCUT2D eigenvalue weighted by molar-refractivity contribution is 9.10. The van der Waals surface area contributed by atoms with Crippen LogP contribution in [0.3, 0.4) is 0 Å². The Morgan fingerprint density at radius 2 is 1.89 bits per heavy atom. The van der Waals surface area contributed by atoms with Gasteiger partial charge < -0.3 is 5.32 Å². The fourth-order valence-corrected chi connectivity index (χ4v) is 2.48. The fraction of sp³-hybridized carbons (Fsp3) is 0.143. The van der Waals surface area contributed by atoms with E-state index in [1.165, 1.54) is 0 Å². The lowest BCUT2D eigenvalue weighted by Gasteiger charge is -2.10. The lowest BCUT2D eigenvalue weighted by Crippen LogP contribution is -2.00. The summed E-state index contributed by atoms with van der Waals surface area (Å²) in [7, 11) is 0. The largest absolute Gasteiger partial charge is 0.380 e. The summed E-state index contributed by atoms with van der Waals surface area (Å²) in [4.78, 5) is 0. The van der Waals surface area contributed by atoms with Crippen LogP contribution in [0, 0.1) is 6.92 Å². The summed E-state index contributed by atoms with van der Waals surface area (Å²) < 4.78 is 0.982. The molecule has 0 heterocycles. The van der Waals surface area contributed by atoms with Crippen molar-refractivity contribution in [2.45, 2.75) is 13.5 Å². The van der Waals surface area contributed by atoms with Crippen LogP contribution in [0.15, 0.2) is 40.9 Å². The van der Waals surface area contributed by atoms with Gasteiger partial charge >= 0.3 is 0 Å². The first-order valence-electron chi connectivity index (χ1n) is 5.50. The molecule has 2 aromatic rings. The zero-order valence-electron chi connectivity index (χ0n) is 9.81. The third-order valence-electron chi connectivity index (χ3n) is 2.61. The lowest BCUT2D eigenvalue weighted by atomic mass is 10.1. The molecular formula is C14H12BrCl2N. The molecule has 0 saturated heterocycles. The highest BCUT2D eigenvalue weighted by Crippen LogP contribution is 2.27. The second kappa shape index (κ2) is 5.96. The number of benzene rings is 2. The third kappa shape index (κ3) is 3.41. The number of anilines is 1. The van der Waals surface area contributed by atoms with E-state index >= 15 is 0 Å². The average Bonchev–Trinajstić information content (AvgIpc) is 2.32. The molecular weight excluding hydrogens is 333 g/mol. The topological polar surface area (TPSA) is 12.0 Å². The van der Waals surface area contributed by atoms with Crippen LogP contribution in [0.1, 0.15) is 11.1 Å². The van der Waals surface area contributed by atoms with E-state index in [9.17, 15) is 0 Å². The first-order valence-corrected chi connectivity index (χ1v) is 7.05. The van der Waals surface area contributed by atoms with E-state index in [-0.39, 0.29) is 0 Å². The van der Waals surface area contributed by atoms with Crippen LogP contribution >= 0.6 is 39.1 Å². The number of hydrogen-bond acceptors (Lipinski definition) is 1. The van der Waals surface area contributed by atoms with Gasteiger partial charge in [0.05, 0.1) is 5.69 Å². The van der Waals surface area contributed by atoms with E-state index in [1.54, 1.807) is 0 Å². The summed E-state index contributed by atoms with van der Waals surface area (Å²) in [6, 6.07) is 11.7. The Kier molecular flexibility index (Phi) is 4.55. The van der Waals surface area contributed by atoms with Crippen molar-refractivity contribution in [2.75, 3.05) is 5.32 Å². The molecule has 0 spiro atoms. The van der Waals surface area contributed by atoms with Gasteiger partial charge in [-0.15, -0.1) is 0 Å². The van der Waals surface area contributed by atoms with Crippen molar-refractivity contribution in [3.8, 4) is 0 Å². The van der Waals surface area contributed by atoms with E-state index in [2.05, 4.69) is 27.3 Å². The normalized spacial score (nSPS) is 10.4. The van der Waals surface area contributed by atoms with Crippen LogP contribution in [0.25, 0.3) is 0 Å². The Balaban J connectivity index is 2.13. The van der Waals surface area contributed by atoms with Crippen molar-refractivity contribution in [1.29, 1.82) is 0 Å². The van der Waals surface area contributed by atoms with Crippen LogP contribution in [0.4, 0.5) is 5.69 Å². The predicted molar refractivity (Wildman–Crippen MR) is 82.7 cm³/mol. The van der Waals surface area contributed by atoms with Crippen molar-refractivity contribution < 1.29 is 0 Å². The molecule has 1 N–H and O–H groups in total. The van der Waals surface area contributed by atoms with Gasteiger partial charge in [-0.25, -0.2) is 0 Å². The van der Waals surface area contributed by atoms with Gasteiger partial charge in [-0.3, -0.25) is 0 Å². The summed E-state index contributed by atoms with van der Waals surface area (Å²) in [6.07, 6.45) is 0. The van der Waals surface area contributed by atoms with Crippen LogP contribution in [0.5, 0.6) is 0 Å². The molecule has 0 unspecified atom stereocenters. The average molecular weight is 345 g/mol. The SMILES string of the molecule is Cc1ccc(CNc2cc(Cl)ccc2Br)c(Cl)c1. The number of rotatable bonds is 3. The molecule has 0 bridgehead atoms. The molecule has 0 aliphatic rings. The molecule has 0 aromatic heterocycles. The first-order chi connectivity index (χ1) is 8.56. The summed E-state index contributed by atoms with van der Waals surface area (Å²) in [6.45, 7) is 2.69. The number of nitrogens with one attached hydrogen (secondary N) is 1. The number of halogens is 3. The molecule has 18 heavy (non-hydrogen) atoms. The number of aryl methyl sites for hydroxylation is 1. The van der Waals surface area contributed by atoms with Gasteiger partial charge in [0.15, 0.2) is 0 Å². The molecule has 1 nitrogen and oxygen atoms in total. The minimum absolute atomic E-state index is 0.665. The minimum Gasteiger partial charge on any atom is -0.380 e. The van der Waals surface area contributed by atoms with E-state index in [0.717, 1.165) is 26.3 Å². The second-order valence-electron chi connectivity index (χ2n) is 4.07. The van der Waals surface area contributed by atoms with Gasteiger partial charge in [-0.2, -0.15) is 0 Å². The van der Waals surface area contributed by atoms with Gasteiger partial charge in [0.2, 0.25) is 0 Å². The van der Waals surface area contributed by atoms with Gasteiger partial charge in [0.25, 0.3) is 0 Å². The number of hydrogen-bond donors (Lipinski definition) is 1. The quantitative estimate of drug-likeness (QED) is 0.755. The summed E-state index contributed by atoms with van der Waals surface area (Å²) >= 11 is 15.6. The Bertz CT molecular complexity index is 570. The van der Waals surface area contributed by atoms with Crippen molar-refractivity contribution in [2.24, 2.45) is 0 Å². The van der Waals surface area contributed by atoms with Crippen molar-refractivity contribution in [1.82, 2.24) is 0 Å².